The van der Waals surface area contributed by atoms with Crippen LogP contribution in [0.2, 0.25) is 0 Å². The first-order chi connectivity index (χ1) is 9.56. The molecule has 4 heteroatoms. The van der Waals surface area contributed by atoms with E-state index in [1.807, 2.05) is 12.1 Å². The average molecular weight is 275 g/mol. The SMILES string of the molecule is C[C@@H]1CCC[C@H](C)N1CCC(=O)Nc1ccc(N)cc1. The molecule has 2 rings (SSSR count). The van der Waals surface area contributed by atoms with Crippen LogP contribution in [0.25, 0.3) is 0 Å². The number of rotatable bonds is 4. The molecule has 0 bridgehead atoms. The summed E-state index contributed by atoms with van der Waals surface area (Å²) in [6.45, 7) is 5.35. The molecule has 20 heavy (non-hydrogen) atoms. The molecule has 0 spiro atoms. The Kier molecular flexibility index (Phi) is 5.01. The van der Waals surface area contributed by atoms with E-state index in [2.05, 4.69) is 24.1 Å². The number of piperidine rings is 1. The molecule has 1 aromatic carbocycles. The summed E-state index contributed by atoms with van der Waals surface area (Å²) in [4.78, 5) is 14.4. The predicted molar refractivity (Wildman–Crippen MR) is 83.6 cm³/mol. The third-order valence-corrected chi connectivity index (χ3v) is 4.17. The molecule has 1 amide bonds. The van der Waals surface area contributed by atoms with Crippen molar-refractivity contribution in [3.8, 4) is 0 Å². The Morgan fingerprint density at radius 2 is 1.85 bits per heavy atom. The molecule has 1 fully saturated rings. The maximum Gasteiger partial charge on any atom is 0.225 e. The van der Waals surface area contributed by atoms with Crippen LogP contribution < -0.4 is 11.1 Å². The Labute approximate surface area is 121 Å². The van der Waals surface area contributed by atoms with Crippen LogP contribution in [-0.2, 0) is 4.79 Å². The maximum absolute atomic E-state index is 12.0. The second-order valence-corrected chi connectivity index (χ2v) is 5.79. The molecular weight excluding hydrogens is 250 g/mol. The minimum Gasteiger partial charge on any atom is -0.399 e. The lowest BCUT2D eigenvalue weighted by Gasteiger charge is -2.38. The number of nitrogen functional groups attached to an aromatic ring is 1. The third kappa shape index (κ3) is 3.97. The van der Waals surface area contributed by atoms with E-state index in [9.17, 15) is 4.79 Å². The van der Waals surface area contributed by atoms with Crippen molar-refractivity contribution in [1.29, 1.82) is 0 Å². The number of likely N-dealkylation sites (tertiary alicyclic amines) is 1. The first-order valence-electron chi connectivity index (χ1n) is 7.47. The van der Waals surface area contributed by atoms with Crippen LogP contribution in [0.15, 0.2) is 24.3 Å². The number of anilines is 2. The zero-order valence-electron chi connectivity index (χ0n) is 12.4. The summed E-state index contributed by atoms with van der Waals surface area (Å²) in [6.07, 6.45) is 4.32. The predicted octanol–water partition coefficient (Wildman–Crippen LogP) is 2.86. The molecule has 4 nitrogen and oxygen atoms in total. The number of nitrogens with one attached hydrogen (secondary N) is 1. The number of benzene rings is 1. The summed E-state index contributed by atoms with van der Waals surface area (Å²) in [5.74, 6) is 0.0692. The Morgan fingerprint density at radius 3 is 2.45 bits per heavy atom. The highest BCUT2D eigenvalue weighted by molar-refractivity contribution is 5.90. The second kappa shape index (κ2) is 6.75. The maximum atomic E-state index is 12.0. The quantitative estimate of drug-likeness (QED) is 0.831. The summed E-state index contributed by atoms with van der Waals surface area (Å²) < 4.78 is 0. The van der Waals surface area contributed by atoms with E-state index in [1.165, 1.54) is 19.3 Å². The van der Waals surface area contributed by atoms with Crippen LogP contribution in [0.5, 0.6) is 0 Å². The van der Waals surface area contributed by atoms with Crippen molar-refractivity contribution in [2.24, 2.45) is 0 Å². The summed E-state index contributed by atoms with van der Waals surface area (Å²) in [7, 11) is 0. The molecular formula is C16H25N3O. The number of carbonyl (C=O) groups excluding carboxylic acids is 1. The van der Waals surface area contributed by atoms with Gasteiger partial charge in [0, 0.05) is 36.4 Å². The molecule has 0 radical (unpaired) electrons. The van der Waals surface area contributed by atoms with Crippen LogP contribution >= 0.6 is 0 Å². The van der Waals surface area contributed by atoms with E-state index in [-0.39, 0.29) is 5.91 Å². The first kappa shape index (κ1) is 14.9. The highest BCUT2D eigenvalue weighted by atomic mass is 16.1. The van der Waals surface area contributed by atoms with E-state index in [1.54, 1.807) is 12.1 Å². The van der Waals surface area contributed by atoms with E-state index in [0.29, 0.717) is 24.2 Å². The van der Waals surface area contributed by atoms with Gasteiger partial charge >= 0.3 is 0 Å². The topological polar surface area (TPSA) is 58.4 Å². The van der Waals surface area contributed by atoms with Gasteiger partial charge in [0.15, 0.2) is 0 Å². The summed E-state index contributed by atoms with van der Waals surface area (Å²) in [5, 5.41) is 2.92. The van der Waals surface area contributed by atoms with Gasteiger partial charge in [-0.05, 0) is 51.0 Å². The van der Waals surface area contributed by atoms with Gasteiger partial charge in [-0.25, -0.2) is 0 Å². The van der Waals surface area contributed by atoms with Crippen molar-refractivity contribution in [1.82, 2.24) is 4.90 Å². The van der Waals surface area contributed by atoms with Crippen LogP contribution in [-0.4, -0.2) is 29.4 Å². The normalized spacial score (nSPS) is 23.5. The van der Waals surface area contributed by atoms with Gasteiger partial charge in [-0.3, -0.25) is 9.69 Å². The van der Waals surface area contributed by atoms with E-state index >= 15 is 0 Å². The lowest BCUT2D eigenvalue weighted by Crippen LogP contribution is -2.44. The molecule has 2 atom stereocenters. The molecule has 1 aliphatic heterocycles. The Balaban J connectivity index is 1.81. The van der Waals surface area contributed by atoms with Crippen molar-refractivity contribution in [2.75, 3.05) is 17.6 Å². The number of nitrogens with two attached hydrogens (primary N) is 1. The van der Waals surface area contributed by atoms with Crippen molar-refractivity contribution in [3.05, 3.63) is 24.3 Å². The highest BCUT2D eigenvalue weighted by Gasteiger charge is 2.24. The third-order valence-electron chi connectivity index (χ3n) is 4.17. The Morgan fingerprint density at radius 1 is 1.25 bits per heavy atom. The van der Waals surface area contributed by atoms with Crippen LogP contribution in [0.1, 0.15) is 39.5 Å². The summed E-state index contributed by atoms with van der Waals surface area (Å²) >= 11 is 0. The van der Waals surface area contributed by atoms with Crippen molar-refractivity contribution >= 4 is 17.3 Å². The van der Waals surface area contributed by atoms with Crippen LogP contribution in [0, 0.1) is 0 Å². The smallest absolute Gasteiger partial charge is 0.225 e. The molecule has 1 aromatic rings. The zero-order chi connectivity index (χ0) is 14.5. The van der Waals surface area contributed by atoms with Gasteiger partial charge in [0.1, 0.15) is 0 Å². The van der Waals surface area contributed by atoms with Gasteiger partial charge in [-0.2, -0.15) is 0 Å². The van der Waals surface area contributed by atoms with E-state index in [0.717, 1.165) is 12.2 Å². The second-order valence-electron chi connectivity index (χ2n) is 5.79. The lowest BCUT2D eigenvalue weighted by atomic mass is 9.97. The zero-order valence-corrected chi connectivity index (χ0v) is 12.4. The summed E-state index contributed by atoms with van der Waals surface area (Å²) in [6, 6.07) is 8.43. The van der Waals surface area contributed by atoms with E-state index in [4.69, 9.17) is 5.73 Å². The number of carbonyl (C=O) groups is 1. The van der Waals surface area contributed by atoms with Gasteiger partial charge in [0.25, 0.3) is 0 Å². The molecule has 0 unspecified atom stereocenters. The Hall–Kier alpha value is -1.55. The molecule has 0 aromatic heterocycles. The van der Waals surface area contributed by atoms with Crippen LogP contribution in [0.4, 0.5) is 11.4 Å². The van der Waals surface area contributed by atoms with E-state index < -0.39 is 0 Å². The average Bonchev–Trinajstić information content (AvgIpc) is 2.41. The number of nitrogens with zero attached hydrogens (tertiary/aromatic N) is 1. The molecule has 0 saturated carbocycles. The monoisotopic (exact) mass is 275 g/mol. The van der Waals surface area contributed by atoms with Crippen molar-refractivity contribution in [2.45, 2.75) is 51.6 Å². The molecule has 1 saturated heterocycles. The molecule has 110 valence electrons. The lowest BCUT2D eigenvalue weighted by molar-refractivity contribution is -0.116. The largest absolute Gasteiger partial charge is 0.399 e. The number of amides is 1. The fraction of sp³-hybridized carbons (Fsp3) is 0.562. The highest BCUT2D eigenvalue weighted by Crippen LogP contribution is 2.22. The molecule has 1 heterocycles. The molecule has 3 N–H and O–H groups in total. The number of hydrogen-bond donors (Lipinski definition) is 2. The minimum atomic E-state index is 0.0692. The Bertz CT molecular complexity index is 434. The number of hydrogen-bond acceptors (Lipinski definition) is 3. The molecule has 1 aliphatic rings. The van der Waals surface area contributed by atoms with Gasteiger partial charge in [-0.1, -0.05) is 6.42 Å². The summed E-state index contributed by atoms with van der Waals surface area (Å²) in [5.41, 5.74) is 7.14. The fourth-order valence-corrected chi connectivity index (χ4v) is 2.94. The minimum absolute atomic E-state index is 0.0692. The fourth-order valence-electron chi connectivity index (χ4n) is 2.94. The molecule has 0 aliphatic carbocycles. The van der Waals surface area contributed by atoms with Gasteiger partial charge in [-0.15, -0.1) is 0 Å². The van der Waals surface area contributed by atoms with Gasteiger partial charge < -0.3 is 11.1 Å². The van der Waals surface area contributed by atoms with Crippen molar-refractivity contribution in [3.63, 3.8) is 0 Å². The van der Waals surface area contributed by atoms with Crippen LogP contribution in [0.3, 0.4) is 0 Å². The van der Waals surface area contributed by atoms with Gasteiger partial charge in [0.05, 0.1) is 0 Å². The van der Waals surface area contributed by atoms with Crippen molar-refractivity contribution < 1.29 is 4.79 Å². The first-order valence-corrected chi connectivity index (χ1v) is 7.47. The van der Waals surface area contributed by atoms with Gasteiger partial charge in [0.2, 0.25) is 5.91 Å². The standard InChI is InChI=1S/C16H25N3O/c1-12-4-3-5-13(2)19(12)11-10-16(20)18-15-8-6-14(17)7-9-15/h6-9,12-13H,3-5,10-11,17H2,1-2H3,(H,18,20)/t12-,13+.